The van der Waals surface area contributed by atoms with Gasteiger partial charge in [0.15, 0.2) is 0 Å². The number of nitrogens with one attached hydrogen (secondary N) is 1. The second kappa shape index (κ2) is 5.50. The van der Waals surface area contributed by atoms with E-state index in [1.165, 1.54) is 5.56 Å². The maximum atomic E-state index is 9.02. The Labute approximate surface area is 107 Å². The third-order valence-corrected chi connectivity index (χ3v) is 3.16. The Morgan fingerprint density at radius 2 is 2.00 bits per heavy atom. The zero-order chi connectivity index (χ0) is 13.0. The van der Waals surface area contributed by atoms with E-state index in [-0.39, 0.29) is 5.92 Å². The van der Waals surface area contributed by atoms with Gasteiger partial charge in [0.2, 0.25) is 0 Å². The normalized spacial score (nSPS) is 12.1. The van der Waals surface area contributed by atoms with Crippen molar-refractivity contribution in [2.45, 2.75) is 32.6 Å². The van der Waals surface area contributed by atoms with Crippen LogP contribution in [-0.2, 0) is 6.42 Å². The molecule has 92 valence electrons. The van der Waals surface area contributed by atoms with Gasteiger partial charge in [0.1, 0.15) is 11.7 Å². The summed E-state index contributed by atoms with van der Waals surface area (Å²) in [5, 5.41) is 9.02. The lowest BCUT2D eigenvalue weighted by Gasteiger charge is -2.02. The Morgan fingerprint density at radius 3 is 2.56 bits per heavy atom. The molecule has 2 aromatic rings. The highest BCUT2D eigenvalue weighted by molar-refractivity contribution is 5.59. The number of imidazole rings is 1. The molecule has 1 unspecified atom stereocenters. The molecule has 0 saturated carbocycles. The van der Waals surface area contributed by atoms with Crippen LogP contribution in [0, 0.1) is 11.3 Å². The molecule has 0 aliphatic carbocycles. The number of hydrogen-bond donors (Lipinski definition) is 1. The van der Waals surface area contributed by atoms with E-state index in [2.05, 4.69) is 47.2 Å². The molecule has 0 bridgehead atoms. The second-order valence-corrected chi connectivity index (χ2v) is 4.32. The standard InChI is InChI=1S/C15H17N3/c1-3-11-5-7-13(8-6-11)14-10-17-15(18-14)12(4-2)9-16/h5-8,10,12H,3-4H2,1-2H3,(H,17,18). The van der Waals surface area contributed by atoms with Crippen LogP contribution in [-0.4, -0.2) is 9.97 Å². The number of hydrogen-bond acceptors (Lipinski definition) is 2. The number of H-pyrrole nitrogens is 1. The summed E-state index contributed by atoms with van der Waals surface area (Å²) in [6, 6.07) is 10.7. The van der Waals surface area contributed by atoms with Gasteiger partial charge in [0, 0.05) is 0 Å². The molecule has 1 atom stereocenters. The summed E-state index contributed by atoms with van der Waals surface area (Å²) in [5.74, 6) is 0.614. The summed E-state index contributed by atoms with van der Waals surface area (Å²) in [4.78, 5) is 7.53. The summed E-state index contributed by atoms with van der Waals surface area (Å²) in [6.45, 7) is 4.13. The fourth-order valence-corrected chi connectivity index (χ4v) is 1.93. The van der Waals surface area contributed by atoms with Crippen molar-refractivity contribution in [1.82, 2.24) is 9.97 Å². The monoisotopic (exact) mass is 239 g/mol. The van der Waals surface area contributed by atoms with Crippen LogP contribution in [0.1, 0.15) is 37.6 Å². The molecular formula is C15H17N3. The van der Waals surface area contributed by atoms with Crippen molar-refractivity contribution in [2.75, 3.05) is 0 Å². The van der Waals surface area contributed by atoms with Crippen LogP contribution < -0.4 is 0 Å². The van der Waals surface area contributed by atoms with Crippen LogP contribution in [0.3, 0.4) is 0 Å². The van der Waals surface area contributed by atoms with Crippen molar-refractivity contribution in [1.29, 1.82) is 5.26 Å². The highest BCUT2D eigenvalue weighted by Crippen LogP contribution is 2.22. The van der Waals surface area contributed by atoms with Crippen LogP contribution in [0.4, 0.5) is 0 Å². The van der Waals surface area contributed by atoms with E-state index in [4.69, 9.17) is 5.26 Å². The van der Waals surface area contributed by atoms with E-state index >= 15 is 0 Å². The van der Waals surface area contributed by atoms with Gasteiger partial charge in [-0.3, -0.25) is 0 Å². The minimum Gasteiger partial charge on any atom is -0.341 e. The van der Waals surface area contributed by atoms with Crippen molar-refractivity contribution < 1.29 is 0 Å². The van der Waals surface area contributed by atoms with Crippen molar-refractivity contribution in [3.63, 3.8) is 0 Å². The van der Waals surface area contributed by atoms with E-state index in [9.17, 15) is 0 Å². The number of aromatic nitrogens is 2. The van der Waals surface area contributed by atoms with Gasteiger partial charge in [-0.15, -0.1) is 0 Å². The summed E-state index contributed by atoms with van der Waals surface area (Å²) in [7, 11) is 0. The van der Waals surface area contributed by atoms with Crippen LogP contribution in [0.5, 0.6) is 0 Å². The van der Waals surface area contributed by atoms with Gasteiger partial charge in [0.05, 0.1) is 18.0 Å². The molecule has 18 heavy (non-hydrogen) atoms. The first-order valence-corrected chi connectivity index (χ1v) is 6.32. The predicted octanol–water partition coefficient (Wildman–Crippen LogP) is 3.66. The lowest BCUT2D eigenvalue weighted by Crippen LogP contribution is -1.95. The average molecular weight is 239 g/mol. The SMILES string of the molecule is CCc1ccc(-c2cnc(C(C#N)CC)[nH]2)cc1. The van der Waals surface area contributed by atoms with Gasteiger partial charge >= 0.3 is 0 Å². The highest BCUT2D eigenvalue weighted by Gasteiger charge is 2.12. The van der Waals surface area contributed by atoms with E-state index in [0.717, 1.165) is 29.9 Å². The molecule has 0 fully saturated rings. The molecular weight excluding hydrogens is 222 g/mol. The van der Waals surface area contributed by atoms with Crippen molar-refractivity contribution in [2.24, 2.45) is 0 Å². The average Bonchev–Trinajstić information content (AvgIpc) is 2.90. The summed E-state index contributed by atoms with van der Waals surface area (Å²) < 4.78 is 0. The molecule has 0 spiro atoms. The van der Waals surface area contributed by atoms with E-state index in [1.807, 2.05) is 6.92 Å². The highest BCUT2D eigenvalue weighted by atomic mass is 14.9. The molecule has 1 N–H and O–H groups in total. The number of benzene rings is 1. The van der Waals surface area contributed by atoms with Gasteiger partial charge in [0.25, 0.3) is 0 Å². The Morgan fingerprint density at radius 1 is 1.28 bits per heavy atom. The van der Waals surface area contributed by atoms with Crippen LogP contribution in [0.15, 0.2) is 30.5 Å². The Bertz CT molecular complexity index is 546. The molecule has 0 saturated heterocycles. The van der Waals surface area contributed by atoms with Crippen LogP contribution in [0.2, 0.25) is 0 Å². The number of aromatic amines is 1. The van der Waals surface area contributed by atoms with Gasteiger partial charge < -0.3 is 4.98 Å². The lowest BCUT2D eigenvalue weighted by atomic mass is 10.1. The molecule has 0 aliphatic heterocycles. The fraction of sp³-hybridized carbons (Fsp3) is 0.333. The second-order valence-electron chi connectivity index (χ2n) is 4.32. The first-order chi connectivity index (χ1) is 8.78. The zero-order valence-corrected chi connectivity index (χ0v) is 10.8. The molecule has 0 radical (unpaired) electrons. The molecule has 3 heteroatoms. The topological polar surface area (TPSA) is 52.5 Å². The lowest BCUT2D eigenvalue weighted by molar-refractivity contribution is 0.766. The van der Waals surface area contributed by atoms with E-state index in [1.54, 1.807) is 6.20 Å². The minimum atomic E-state index is -0.145. The number of aryl methyl sites for hydroxylation is 1. The smallest absolute Gasteiger partial charge is 0.123 e. The van der Waals surface area contributed by atoms with Gasteiger partial charge in [-0.1, -0.05) is 38.1 Å². The third kappa shape index (κ3) is 2.43. The van der Waals surface area contributed by atoms with Crippen LogP contribution >= 0.6 is 0 Å². The summed E-state index contributed by atoms with van der Waals surface area (Å²) >= 11 is 0. The summed E-state index contributed by atoms with van der Waals surface area (Å²) in [6.07, 6.45) is 3.62. The maximum absolute atomic E-state index is 9.02. The van der Waals surface area contributed by atoms with Crippen molar-refractivity contribution in [3.05, 3.63) is 41.9 Å². The first-order valence-electron chi connectivity index (χ1n) is 6.32. The Kier molecular flexibility index (Phi) is 3.78. The fourth-order valence-electron chi connectivity index (χ4n) is 1.93. The number of nitrogens with zero attached hydrogens (tertiary/aromatic N) is 2. The molecule has 1 heterocycles. The third-order valence-electron chi connectivity index (χ3n) is 3.16. The minimum absolute atomic E-state index is 0.145. The van der Waals surface area contributed by atoms with Crippen LogP contribution in [0.25, 0.3) is 11.3 Å². The quantitative estimate of drug-likeness (QED) is 0.885. The zero-order valence-electron chi connectivity index (χ0n) is 10.8. The Balaban J connectivity index is 2.26. The van der Waals surface area contributed by atoms with E-state index in [0.29, 0.717) is 0 Å². The van der Waals surface area contributed by atoms with E-state index < -0.39 is 0 Å². The number of rotatable bonds is 4. The summed E-state index contributed by atoms with van der Waals surface area (Å²) in [5.41, 5.74) is 3.40. The van der Waals surface area contributed by atoms with Gasteiger partial charge in [-0.2, -0.15) is 5.26 Å². The molecule has 1 aromatic heterocycles. The molecule has 3 nitrogen and oxygen atoms in total. The maximum Gasteiger partial charge on any atom is 0.123 e. The van der Waals surface area contributed by atoms with Crippen molar-refractivity contribution >= 4 is 0 Å². The predicted molar refractivity (Wildman–Crippen MR) is 72.0 cm³/mol. The molecule has 0 amide bonds. The number of nitriles is 1. The molecule has 0 aliphatic rings. The Hall–Kier alpha value is -2.08. The van der Waals surface area contributed by atoms with Gasteiger partial charge in [-0.25, -0.2) is 4.98 Å². The first kappa shape index (κ1) is 12.4. The largest absolute Gasteiger partial charge is 0.341 e. The van der Waals surface area contributed by atoms with Crippen molar-refractivity contribution in [3.8, 4) is 17.3 Å². The molecule has 2 rings (SSSR count). The van der Waals surface area contributed by atoms with Gasteiger partial charge in [-0.05, 0) is 24.0 Å². The molecule has 1 aromatic carbocycles.